The lowest BCUT2D eigenvalue weighted by atomic mass is 10.2. The molecule has 22 heavy (non-hydrogen) atoms. The maximum absolute atomic E-state index is 12.1. The maximum Gasteiger partial charge on any atom is 0.261 e. The molecule has 2 amide bonds. The number of aromatic nitrogens is 1. The van der Waals surface area contributed by atoms with Crippen molar-refractivity contribution < 1.29 is 9.59 Å². The van der Waals surface area contributed by atoms with Crippen molar-refractivity contribution in [2.75, 3.05) is 11.6 Å². The largest absolute Gasteiger partial charge is 0.340 e. The molecule has 0 saturated carbocycles. The first-order valence-corrected chi connectivity index (χ1v) is 8.96. The van der Waals surface area contributed by atoms with Crippen LogP contribution in [-0.2, 0) is 10.5 Å². The summed E-state index contributed by atoms with van der Waals surface area (Å²) >= 11 is 3.04. The van der Waals surface area contributed by atoms with Crippen molar-refractivity contribution in [3.05, 3.63) is 46.3 Å². The third-order valence-corrected chi connectivity index (χ3v) is 4.36. The van der Waals surface area contributed by atoms with E-state index in [0.717, 1.165) is 11.3 Å². The van der Waals surface area contributed by atoms with Crippen LogP contribution in [0.3, 0.4) is 0 Å². The van der Waals surface area contributed by atoms with Crippen molar-refractivity contribution in [1.29, 1.82) is 0 Å². The van der Waals surface area contributed by atoms with Gasteiger partial charge in [-0.15, -0.1) is 11.3 Å². The predicted octanol–water partition coefficient (Wildman–Crippen LogP) is 2.76. The fraction of sp³-hybridized carbons (Fsp3) is 0.267. The van der Waals surface area contributed by atoms with Crippen LogP contribution in [0.5, 0.6) is 0 Å². The molecule has 0 saturated heterocycles. The van der Waals surface area contributed by atoms with Gasteiger partial charge in [0.2, 0.25) is 5.91 Å². The number of carbonyl (C=O) groups excluding carboxylic acids is 2. The molecule has 2 aromatic rings. The summed E-state index contributed by atoms with van der Waals surface area (Å²) in [6, 6.07) is 6.63. The summed E-state index contributed by atoms with van der Waals surface area (Å²) in [5.74, 6) is 0.810. The molecule has 116 valence electrons. The van der Waals surface area contributed by atoms with E-state index >= 15 is 0 Å². The van der Waals surface area contributed by atoms with Crippen molar-refractivity contribution in [2.45, 2.75) is 18.7 Å². The molecule has 2 heterocycles. The van der Waals surface area contributed by atoms with Crippen LogP contribution in [0.4, 0.5) is 5.82 Å². The molecule has 0 aliphatic heterocycles. The summed E-state index contributed by atoms with van der Waals surface area (Å²) in [6.45, 7) is 1.65. The van der Waals surface area contributed by atoms with Gasteiger partial charge in [0.1, 0.15) is 11.9 Å². The number of thioether (sulfide) groups is 1. The molecule has 7 heteroatoms. The van der Waals surface area contributed by atoms with E-state index in [1.54, 1.807) is 37.0 Å². The van der Waals surface area contributed by atoms with Crippen molar-refractivity contribution in [3.63, 3.8) is 0 Å². The number of nitrogens with one attached hydrogen (secondary N) is 2. The first-order chi connectivity index (χ1) is 10.6. The third kappa shape index (κ3) is 4.57. The maximum atomic E-state index is 12.1. The number of anilines is 1. The van der Waals surface area contributed by atoms with Gasteiger partial charge in [0, 0.05) is 11.9 Å². The summed E-state index contributed by atoms with van der Waals surface area (Å²) in [5, 5.41) is 7.21. The lowest BCUT2D eigenvalue weighted by Crippen LogP contribution is -2.41. The summed E-state index contributed by atoms with van der Waals surface area (Å²) in [6.07, 6.45) is 3.68. The van der Waals surface area contributed by atoms with Gasteiger partial charge in [0.25, 0.3) is 5.91 Å². The highest BCUT2D eigenvalue weighted by atomic mass is 32.2. The second-order valence-corrected chi connectivity index (χ2v) is 6.46. The minimum Gasteiger partial charge on any atom is -0.340 e. The molecular formula is C15H17N3O2S2. The van der Waals surface area contributed by atoms with E-state index in [9.17, 15) is 9.59 Å². The fourth-order valence-corrected chi connectivity index (χ4v) is 2.91. The number of nitrogens with zero attached hydrogens (tertiary/aromatic N) is 1. The van der Waals surface area contributed by atoms with E-state index < -0.39 is 6.04 Å². The van der Waals surface area contributed by atoms with E-state index in [0.29, 0.717) is 10.7 Å². The van der Waals surface area contributed by atoms with E-state index in [-0.39, 0.29) is 11.8 Å². The van der Waals surface area contributed by atoms with E-state index in [1.807, 2.05) is 23.8 Å². The smallest absolute Gasteiger partial charge is 0.261 e. The molecule has 2 rings (SSSR count). The lowest BCUT2D eigenvalue weighted by molar-refractivity contribution is -0.117. The highest BCUT2D eigenvalue weighted by Gasteiger charge is 2.17. The summed E-state index contributed by atoms with van der Waals surface area (Å²) in [4.78, 5) is 28.7. The monoisotopic (exact) mass is 335 g/mol. The first kappa shape index (κ1) is 16.5. The van der Waals surface area contributed by atoms with Crippen molar-refractivity contribution >= 4 is 40.7 Å². The van der Waals surface area contributed by atoms with Crippen LogP contribution in [-0.4, -0.2) is 29.1 Å². The quantitative estimate of drug-likeness (QED) is 0.851. The molecule has 5 nitrogen and oxygen atoms in total. The number of carbonyl (C=O) groups is 2. The Morgan fingerprint density at radius 3 is 2.91 bits per heavy atom. The number of hydrogen-bond donors (Lipinski definition) is 2. The number of amides is 2. The molecule has 1 atom stereocenters. The number of rotatable bonds is 6. The molecule has 0 radical (unpaired) electrons. The minimum absolute atomic E-state index is 0.248. The summed E-state index contributed by atoms with van der Waals surface area (Å²) in [5.41, 5.74) is 1.09. The number of hydrogen-bond acceptors (Lipinski definition) is 5. The molecule has 0 aromatic carbocycles. The second kappa shape index (κ2) is 7.95. The van der Waals surface area contributed by atoms with Crippen molar-refractivity contribution in [1.82, 2.24) is 10.3 Å². The summed E-state index contributed by atoms with van der Waals surface area (Å²) < 4.78 is 0. The Kier molecular flexibility index (Phi) is 5.97. The van der Waals surface area contributed by atoms with Gasteiger partial charge in [-0.25, -0.2) is 4.98 Å². The SMILES string of the molecule is CSCc1ccnc(NC(=O)C(C)NC(=O)c2cccs2)c1. The van der Waals surface area contributed by atoms with E-state index in [1.165, 1.54) is 11.3 Å². The Balaban J connectivity index is 1.93. The average Bonchev–Trinajstić information content (AvgIpc) is 3.02. The highest BCUT2D eigenvalue weighted by molar-refractivity contribution is 7.97. The van der Waals surface area contributed by atoms with Crippen LogP contribution < -0.4 is 10.6 Å². The number of pyridine rings is 1. The predicted molar refractivity (Wildman–Crippen MR) is 91.3 cm³/mol. The molecular weight excluding hydrogens is 318 g/mol. The third-order valence-electron chi connectivity index (χ3n) is 2.87. The Morgan fingerprint density at radius 2 is 2.23 bits per heavy atom. The van der Waals surface area contributed by atoms with Crippen LogP contribution >= 0.6 is 23.1 Å². The molecule has 0 aliphatic carbocycles. The van der Waals surface area contributed by atoms with Gasteiger partial charge in [-0.05, 0) is 42.3 Å². The second-order valence-electron chi connectivity index (χ2n) is 4.64. The normalized spacial score (nSPS) is 11.7. The van der Waals surface area contributed by atoms with Gasteiger partial charge in [-0.2, -0.15) is 11.8 Å². The highest BCUT2D eigenvalue weighted by Crippen LogP contribution is 2.13. The number of thiophene rings is 1. The van der Waals surface area contributed by atoms with Gasteiger partial charge in [-0.3, -0.25) is 9.59 Å². The average molecular weight is 335 g/mol. The molecule has 2 N–H and O–H groups in total. The zero-order valence-electron chi connectivity index (χ0n) is 12.3. The van der Waals surface area contributed by atoms with Gasteiger partial charge in [-0.1, -0.05) is 6.07 Å². The molecule has 1 unspecified atom stereocenters. The lowest BCUT2D eigenvalue weighted by Gasteiger charge is -2.13. The van der Waals surface area contributed by atoms with E-state index in [4.69, 9.17) is 0 Å². The molecule has 0 bridgehead atoms. The van der Waals surface area contributed by atoms with Gasteiger partial charge < -0.3 is 10.6 Å². The molecule has 2 aromatic heterocycles. The van der Waals surface area contributed by atoms with Crippen LogP contribution in [0.2, 0.25) is 0 Å². The first-order valence-electron chi connectivity index (χ1n) is 6.69. The van der Waals surface area contributed by atoms with Crippen LogP contribution in [0, 0.1) is 0 Å². The standard InChI is InChI=1S/C15H17N3O2S2/c1-10(17-15(20)12-4-3-7-22-12)14(19)18-13-8-11(9-21-2)5-6-16-13/h3-8,10H,9H2,1-2H3,(H,17,20)(H,16,18,19). The molecule has 0 spiro atoms. The Hall–Kier alpha value is -1.86. The summed E-state index contributed by atoms with van der Waals surface area (Å²) in [7, 11) is 0. The van der Waals surface area contributed by atoms with Gasteiger partial charge in [0.15, 0.2) is 0 Å². The van der Waals surface area contributed by atoms with Crippen molar-refractivity contribution in [3.8, 4) is 0 Å². The topological polar surface area (TPSA) is 71.1 Å². The van der Waals surface area contributed by atoms with Gasteiger partial charge in [0.05, 0.1) is 4.88 Å². The van der Waals surface area contributed by atoms with E-state index in [2.05, 4.69) is 15.6 Å². The van der Waals surface area contributed by atoms with Crippen LogP contribution in [0.1, 0.15) is 22.2 Å². The fourth-order valence-electron chi connectivity index (χ4n) is 1.77. The Labute approximate surface area is 137 Å². The molecule has 0 aliphatic rings. The van der Waals surface area contributed by atoms with Gasteiger partial charge >= 0.3 is 0 Å². The Bertz CT molecular complexity index is 644. The van der Waals surface area contributed by atoms with Crippen molar-refractivity contribution in [2.24, 2.45) is 0 Å². The zero-order chi connectivity index (χ0) is 15.9. The van der Waals surface area contributed by atoms with Crippen LogP contribution in [0.25, 0.3) is 0 Å². The molecule has 0 fully saturated rings. The van der Waals surface area contributed by atoms with Crippen LogP contribution in [0.15, 0.2) is 35.8 Å². The Morgan fingerprint density at radius 1 is 1.41 bits per heavy atom. The minimum atomic E-state index is -0.638. The zero-order valence-corrected chi connectivity index (χ0v) is 14.0.